The van der Waals surface area contributed by atoms with Crippen LogP contribution in [0.5, 0.6) is 0 Å². The van der Waals surface area contributed by atoms with E-state index in [0.29, 0.717) is 39.2 Å². The van der Waals surface area contributed by atoms with Crippen molar-refractivity contribution in [3.63, 3.8) is 0 Å². The number of esters is 1. The quantitative estimate of drug-likeness (QED) is 0.451. The van der Waals surface area contributed by atoms with Crippen molar-refractivity contribution in [2.45, 2.75) is 54.1 Å². The third kappa shape index (κ3) is 5.43. The van der Waals surface area contributed by atoms with Crippen molar-refractivity contribution < 1.29 is 14.3 Å². The zero-order chi connectivity index (χ0) is 23.3. The van der Waals surface area contributed by atoms with Gasteiger partial charge < -0.3 is 20.3 Å². The number of hydrogen-bond acceptors (Lipinski definition) is 6. The number of thiophene rings is 1. The average Bonchev–Trinajstić information content (AvgIpc) is 3.27. The highest BCUT2D eigenvalue weighted by molar-refractivity contribution is 7.80. The predicted octanol–water partition coefficient (Wildman–Crippen LogP) is 3.90. The van der Waals surface area contributed by atoms with E-state index in [-0.39, 0.29) is 11.9 Å². The molecule has 1 amide bonds. The van der Waals surface area contributed by atoms with E-state index in [2.05, 4.69) is 15.7 Å². The molecule has 170 valence electrons. The number of methoxy groups -OCH3 is 1. The fourth-order valence-corrected chi connectivity index (χ4v) is 4.85. The van der Waals surface area contributed by atoms with E-state index >= 15 is 0 Å². The second-order valence-corrected chi connectivity index (χ2v) is 8.50. The lowest BCUT2D eigenvalue weighted by Crippen LogP contribution is -2.31. The van der Waals surface area contributed by atoms with E-state index in [9.17, 15) is 9.59 Å². The number of hydrogen-bond donors (Lipinski definition) is 2. The Bertz CT molecular complexity index is 963. The predicted molar refractivity (Wildman–Crippen MR) is 128 cm³/mol. The Morgan fingerprint density at radius 3 is 2.45 bits per heavy atom. The van der Waals surface area contributed by atoms with Crippen LogP contribution in [-0.4, -0.2) is 51.9 Å². The molecule has 2 heterocycles. The highest BCUT2D eigenvalue weighted by Crippen LogP contribution is 2.34. The van der Waals surface area contributed by atoms with Crippen LogP contribution >= 0.6 is 23.6 Å². The Morgan fingerprint density at radius 2 is 1.94 bits per heavy atom. The SMILES string of the molecule is CCN(CC)C(=O)c1sc(NC(=S)NC(C)c2cn(CC)nc2C)c(C(=O)OC)c1C. The first-order valence-corrected chi connectivity index (χ1v) is 11.5. The maximum absolute atomic E-state index is 12.9. The lowest BCUT2D eigenvalue weighted by Gasteiger charge is -2.18. The van der Waals surface area contributed by atoms with Gasteiger partial charge in [0.15, 0.2) is 5.11 Å². The normalized spacial score (nSPS) is 11.7. The standard InChI is InChI=1S/C21H31N5O3S2/c1-8-25(9-2)19(27)17-12(4)16(20(28)29-7)18(31-17)23-21(30)22-13(5)15-11-26(10-3)24-14(15)6/h11,13H,8-10H2,1-7H3,(H2,22,23,30). The lowest BCUT2D eigenvalue weighted by atomic mass is 10.1. The average molecular weight is 466 g/mol. The summed E-state index contributed by atoms with van der Waals surface area (Å²) in [4.78, 5) is 27.6. The second-order valence-electron chi connectivity index (χ2n) is 7.08. The van der Waals surface area contributed by atoms with Crippen molar-refractivity contribution in [1.29, 1.82) is 0 Å². The summed E-state index contributed by atoms with van der Waals surface area (Å²) in [6, 6.07) is -0.0836. The van der Waals surface area contributed by atoms with E-state index < -0.39 is 5.97 Å². The molecule has 0 bridgehead atoms. The smallest absolute Gasteiger partial charge is 0.341 e. The van der Waals surface area contributed by atoms with E-state index in [4.69, 9.17) is 17.0 Å². The molecular formula is C21H31N5O3S2. The highest BCUT2D eigenvalue weighted by Gasteiger charge is 2.27. The molecule has 0 spiro atoms. The largest absolute Gasteiger partial charge is 0.465 e. The number of ether oxygens (including phenoxy) is 1. The zero-order valence-corrected chi connectivity index (χ0v) is 20.8. The maximum atomic E-state index is 12.9. The molecule has 0 aliphatic heterocycles. The summed E-state index contributed by atoms with van der Waals surface area (Å²) in [7, 11) is 1.32. The van der Waals surface area contributed by atoms with E-state index in [1.807, 2.05) is 45.5 Å². The fourth-order valence-electron chi connectivity index (χ4n) is 3.34. The highest BCUT2D eigenvalue weighted by atomic mass is 32.1. The van der Waals surface area contributed by atoms with Crippen LogP contribution in [0.1, 0.15) is 70.6 Å². The van der Waals surface area contributed by atoms with E-state index in [1.165, 1.54) is 18.4 Å². The maximum Gasteiger partial charge on any atom is 0.341 e. The van der Waals surface area contributed by atoms with Gasteiger partial charge in [-0.3, -0.25) is 9.48 Å². The summed E-state index contributed by atoms with van der Waals surface area (Å²) in [5, 5.41) is 11.6. The number of carbonyl (C=O) groups is 2. The van der Waals surface area contributed by atoms with Crippen LogP contribution in [0.3, 0.4) is 0 Å². The molecule has 1 unspecified atom stereocenters. The summed E-state index contributed by atoms with van der Waals surface area (Å²) in [5.74, 6) is -0.619. The van der Waals surface area contributed by atoms with Gasteiger partial charge in [0, 0.05) is 31.4 Å². The summed E-state index contributed by atoms with van der Waals surface area (Å²) < 4.78 is 6.83. The molecule has 0 fully saturated rings. The van der Waals surface area contributed by atoms with Crippen LogP contribution in [0.2, 0.25) is 0 Å². The minimum absolute atomic E-state index is 0.0836. The Labute approximate surface area is 193 Å². The van der Waals surface area contributed by atoms with E-state index in [1.54, 1.807) is 11.8 Å². The zero-order valence-electron chi connectivity index (χ0n) is 19.2. The lowest BCUT2D eigenvalue weighted by molar-refractivity contribution is 0.0601. The number of carbonyl (C=O) groups excluding carboxylic acids is 2. The molecule has 8 nitrogen and oxygen atoms in total. The molecule has 2 rings (SSSR count). The molecule has 0 aliphatic carbocycles. The molecule has 0 aliphatic rings. The number of aryl methyl sites for hydroxylation is 2. The van der Waals surface area contributed by atoms with Crippen LogP contribution in [-0.2, 0) is 11.3 Å². The third-order valence-electron chi connectivity index (χ3n) is 5.13. The number of nitrogens with one attached hydrogen (secondary N) is 2. The Kier molecular flexibility index (Phi) is 8.58. The van der Waals surface area contributed by atoms with Crippen molar-refractivity contribution in [3.05, 3.63) is 33.5 Å². The third-order valence-corrected chi connectivity index (χ3v) is 6.55. The molecule has 2 aromatic rings. The van der Waals surface area contributed by atoms with Gasteiger partial charge >= 0.3 is 5.97 Å². The van der Waals surface area contributed by atoms with Gasteiger partial charge in [0.1, 0.15) is 5.00 Å². The number of amides is 1. The van der Waals surface area contributed by atoms with Gasteiger partial charge in [-0.25, -0.2) is 4.79 Å². The molecule has 10 heteroatoms. The molecule has 0 saturated heterocycles. The van der Waals surface area contributed by atoms with Crippen molar-refractivity contribution in [2.24, 2.45) is 0 Å². The van der Waals surface area contributed by atoms with Crippen LogP contribution < -0.4 is 10.6 Å². The van der Waals surface area contributed by atoms with Crippen LogP contribution in [0.15, 0.2) is 6.20 Å². The molecule has 0 saturated carbocycles. The van der Waals surface area contributed by atoms with Gasteiger partial charge in [0.2, 0.25) is 0 Å². The van der Waals surface area contributed by atoms with Crippen molar-refractivity contribution in [2.75, 3.05) is 25.5 Å². The van der Waals surface area contributed by atoms with Crippen LogP contribution in [0, 0.1) is 13.8 Å². The minimum atomic E-state index is -0.509. The summed E-state index contributed by atoms with van der Waals surface area (Å²) in [6.45, 7) is 13.6. The molecular weight excluding hydrogens is 434 g/mol. The molecule has 0 radical (unpaired) electrons. The first kappa shape index (κ1) is 24.8. The number of aromatic nitrogens is 2. The van der Waals surface area contributed by atoms with Gasteiger partial charge in [-0.15, -0.1) is 11.3 Å². The topological polar surface area (TPSA) is 88.5 Å². The summed E-state index contributed by atoms with van der Waals surface area (Å²) in [5.41, 5.74) is 2.89. The number of nitrogens with zero attached hydrogens (tertiary/aromatic N) is 3. The number of rotatable bonds is 8. The molecule has 2 N–H and O–H groups in total. The molecule has 31 heavy (non-hydrogen) atoms. The van der Waals surface area contributed by atoms with Gasteiger partial charge in [-0.2, -0.15) is 5.10 Å². The van der Waals surface area contributed by atoms with Crippen molar-refractivity contribution in [3.8, 4) is 0 Å². The van der Waals surface area contributed by atoms with Gasteiger partial charge in [0.05, 0.1) is 29.3 Å². The van der Waals surface area contributed by atoms with Gasteiger partial charge in [-0.05, 0) is 59.3 Å². The van der Waals surface area contributed by atoms with Gasteiger partial charge in [-0.1, -0.05) is 0 Å². The van der Waals surface area contributed by atoms with Crippen LogP contribution in [0.25, 0.3) is 0 Å². The number of anilines is 1. The Balaban J connectivity index is 2.29. The first-order valence-electron chi connectivity index (χ1n) is 10.3. The van der Waals surface area contributed by atoms with Crippen molar-refractivity contribution in [1.82, 2.24) is 20.0 Å². The molecule has 0 aromatic carbocycles. The minimum Gasteiger partial charge on any atom is -0.465 e. The first-order chi connectivity index (χ1) is 14.7. The Hall–Kier alpha value is -2.46. The van der Waals surface area contributed by atoms with Crippen LogP contribution in [0.4, 0.5) is 5.00 Å². The van der Waals surface area contributed by atoms with E-state index in [0.717, 1.165) is 17.8 Å². The number of thiocarbonyl (C=S) groups is 1. The Morgan fingerprint density at radius 1 is 1.29 bits per heavy atom. The molecule has 1 atom stereocenters. The second kappa shape index (κ2) is 10.7. The molecule has 2 aromatic heterocycles. The monoisotopic (exact) mass is 465 g/mol. The van der Waals surface area contributed by atoms with Crippen molar-refractivity contribution >= 4 is 45.5 Å². The summed E-state index contributed by atoms with van der Waals surface area (Å²) in [6.07, 6.45) is 1.99. The van der Waals surface area contributed by atoms with Gasteiger partial charge in [0.25, 0.3) is 5.91 Å². The summed E-state index contributed by atoms with van der Waals surface area (Å²) >= 11 is 6.71. The fraction of sp³-hybridized carbons (Fsp3) is 0.524.